The lowest BCUT2D eigenvalue weighted by Crippen LogP contribution is -2.24. The number of H-pyrrole nitrogens is 1. The highest BCUT2D eigenvalue weighted by Crippen LogP contribution is 2.26. The second-order valence-electron chi connectivity index (χ2n) is 7.08. The van der Waals surface area contributed by atoms with E-state index in [2.05, 4.69) is 35.8 Å². The van der Waals surface area contributed by atoms with E-state index in [1.807, 2.05) is 84.9 Å². The van der Waals surface area contributed by atoms with Crippen molar-refractivity contribution in [2.45, 2.75) is 6.54 Å². The Labute approximate surface area is 183 Å². The first kappa shape index (κ1) is 19.4. The van der Waals surface area contributed by atoms with Crippen molar-refractivity contribution in [3.05, 3.63) is 96.3 Å². The van der Waals surface area contributed by atoms with Crippen LogP contribution in [0.5, 0.6) is 0 Å². The Morgan fingerprint density at radius 2 is 1.53 bits per heavy atom. The molecular formula is C24H19N7O. The molecule has 0 saturated heterocycles. The Hall–Kier alpha value is -4.59. The van der Waals surface area contributed by atoms with E-state index in [1.54, 1.807) is 0 Å². The van der Waals surface area contributed by atoms with Gasteiger partial charge in [-0.2, -0.15) is 4.98 Å². The highest BCUT2D eigenvalue weighted by Gasteiger charge is 2.15. The molecule has 5 rings (SSSR count). The van der Waals surface area contributed by atoms with Gasteiger partial charge in [-0.1, -0.05) is 72.8 Å². The Balaban J connectivity index is 1.39. The van der Waals surface area contributed by atoms with Gasteiger partial charge in [0.15, 0.2) is 5.82 Å². The number of aromatic amines is 1. The molecule has 0 bridgehead atoms. The van der Waals surface area contributed by atoms with Gasteiger partial charge in [-0.25, -0.2) is 15.1 Å². The molecule has 0 radical (unpaired) electrons. The number of nitrogens with zero attached hydrogens (tertiary/aromatic N) is 4. The average Bonchev–Trinajstić information content (AvgIpc) is 3.32. The van der Waals surface area contributed by atoms with E-state index in [-0.39, 0.29) is 11.7 Å². The van der Waals surface area contributed by atoms with E-state index in [4.69, 9.17) is 0 Å². The lowest BCUT2D eigenvalue weighted by molar-refractivity contribution is 0.0941. The average molecular weight is 421 g/mol. The standard InChI is InChI=1S/C24H19N7O/c32-23(25-15-16-9-3-1-4-10-16)22-29-24(31-30-22)28-21-18-13-7-8-14-19(18)26-20(27-21)17-11-5-2-6-12-17/h1-14H,15H2,(H,25,32)(H2,26,27,28,29,30,31). The minimum atomic E-state index is -0.365. The molecule has 0 atom stereocenters. The zero-order valence-electron chi connectivity index (χ0n) is 17.0. The molecule has 3 N–H and O–H groups in total. The van der Waals surface area contributed by atoms with Crippen LogP contribution in [0.4, 0.5) is 11.8 Å². The number of carbonyl (C=O) groups excluding carboxylic acids is 1. The summed E-state index contributed by atoms with van der Waals surface area (Å²) in [5.41, 5.74) is 2.69. The van der Waals surface area contributed by atoms with Crippen LogP contribution in [-0.4, -0.2) is 31.1 Å². The monoisotopic (exact) mass is 421 g/mol. The van der Waals surface area contributed by atoms with Crippen molar-refractivity contribution in [2.75, 3.05) is 5.32 Å². The van der Waals surface area contributed by atoms with Crippen LogP contribution in [0.3, 0.4) is 0 Å². The third-order valence-electron chi connectivity index (χ3n) is 4.86. The molecule has 0 saturated carbocycles. The lowest BCUT2D eigenvalue weighted by Gasteiger charge is -2.09. The van der Waals surface area contributed by atoms with Gasteiger partial charge in [0.2, 0.25) is 11.8 Å². The summed E-state index contributed by atoms with van der Waals surface area (Å²) in [6, 6.07) is 27.1. The number of anilines is 2. The highest BCUT2D eigenvalue weighted by molar-refractivity contribution is 5.93. The number of hydrogen-bond acceptors (Lipinski definition) is 6. The molecule has 2 heterocycles. The number of fused-ring (bicyclic) bond motifs is 1. The third-order valence-corrected chi connectivity index (χ3v) is 4.86. The molecule has 0 aliphatic rings. The van der Waals surface area contributed by atoms with Crippen LogP contribution in [0.1, 0.15) is 16.2 Å². The number of para-hydroxylation sites is 1. The minimum Gasteiger partial charge on any atom is -0.345 e. The summed E-state index contributed by atoms with van der Waals surface area (Å²) in [4.78, 5) is 26.1. The second-order valence-corrected chi connectivity index (χ2v) is 7.08. The number of carbonyl (C=O) groups is 1. The van der Waals surface area contributed by atoms with Crippen LogP contribution in [-0.2, 0) is 6.54 Å². The van der Waals surface area contributed by atoms with Gasteiger partial charge in [0.25, 0.3) is 5.91 Å². The van der Waals surface area contributed by atoms with E-state index in [0.29, 0.717) is 24.1 Å². The van der Waals surface area contributed by atoms with Crippen LogP contribution in [0.2, 0.25) is 0 Å². The number of nitrogens with one attached hydrogen (secondary N) is 3. The fourth-order valence-electron chi connectivity index (χ4n) is 3.28. The Bertz CT molecular complexity index is 1370. The SMILES string of the molecule is O=C(NCc1ccccc1)c1n[nH]c(Nc2nc(-c3ccccc3)nc3ccccc23)n1. The molecule has 2 aromatic heterocycles. The number of hydrogen-bond donors (Lipinski definition) is 3. The van der Waals surface area contributed by atoms with Crippen molar-refractivity contribution < 1.29 is 4.79 Å². The van der Waals surface area contributed by atoms with E-state index in [0.717, 1.165) is 22.0 Å². The maximum Gasteiger partial charge on any atom is 0.291 e. The molecule has 32 heavy (non-hydrogen) atoms. The van der Waals surface area contributed by atoms with E-state index in [9.17, 15) is 4.79 Å². The molecule has 0 aliphatic carbocycles. The van der Waals surface area contributed by atoms with Gasteiger partial charge < -0.3 is 10.6 Å². The maximum absolute atomic E-state index is 12.4. The summed E-state index contributed by atoms with van der Waals surface area (Å²) in [7, 11) is 0. The number of rotatable bonds is 6. The summed E-state index contributed by atoms with van der Waals surface area (Å²) in [5.74, 6) is 1.16. The first-order chi connectivity index (χ1) is 15.8. The first-order valence-electron chi connectivity index (χ1n) is 10.1. The van der Waals surface area contributed by atoms with Gasteiger partial charge in [0, 0.05) is 17.5 Å². The van der Waals surface area contributed by atoms with E-state index in [1.165, 1.54) is 0 Å². The molecule has 0 fully saturated rings. The fraction of sp³-hybridized carbons (Fsp3) is 0.0417. The largest absolute Gasteiger partial charge is 0.345 e. The third kappa shape index (κ3) is 4.15. The molecule has 8 nitrogen and oxygen atoms in total. The molecule has 5 aromatic rings. The Kier molecular flexibility index (Phi) is 5.24. The van der Waals surface area contributed by atoms with Crippen molar-refractivity contribution in [3.63, 3.8) is 0 Å². The van der Waals surface area contributed by atoms with Gasteiger partial charge in [0.1, 0.15) is 5.82 Å². The molecule has 3 aromatic carbocycles. The molecule has 156 valence electrons. The molecule has 0 aliphatic heterocycles. The molecule has 0 unspecified atom stereocenters. The van der Waals surface area contributed by atoms with Crippen LogP contribution in [0, 0.1) is 0 Å². The molecule has 1 amide bonds. The van der Waals surface area contributed by atoms with Crippen molar-refractivity contribution >= 4 is 28.6 Å². The highest BCUT2D eigenvalue weighted by atomic mass is 16.2. The maximum atomic E-state index is 12.4. The number of benzene rings is 3. The first-order valence-corrected chi connectivity index (χ1v) is 10.1. The number of aromatic nitrogens is 5. The predicted molar refractivity (Wildman–Crippen MR) is 122 cm³/mol. The molecule has 8 heteroatoms. The van der Waals surface area contributed by atoms with Crippen LogP contribution in [0.15, 0.2) is 84.9 Å². The van der Waals surface area contributed by atoms with Crippen LogP contribution in [0.25, 0.3) is 22.3 Å². The van der Waals surface area contributed by atoms with E-state index >= 15 is 0 Å². The Morgan fingerprint density at radius 3 is 2.34 bits per heavy atom. The van der Waals surface area contributed by atoms with Crippen molar-refractivity contribution in [1.29, 1.82) is 0 Å². The smallest absolute Gasteiger partial charge is 0.291 e. The zero-order valence-corrected chi connectivity index (χ0v) is 17.0. The normalized spacial score (nSPS) is 10.8. The summed E-state index contributed by atoms with van der Waals surface area (Å²) < 4.78 is 0. The summed E-state index contributed by atoms with van der Waals surface area (Å²) in [6.07, 6.45) is 0. The fourth-order valence-corrected chi connectivity index (χ4v) is 3.28. The van der Waals surface area contributed by atoms with Gasteiger partial charge in [0.05, 0.1) is 5.52 Å². The minimum absolute atomic E-state index is 0.0464. The van der Waals surface area contributed by atoms with Crippen molar-refractivity contribution in [2.24, 2.45) is 0 Å². The summed E-state index contributed by atoms with van der Waals surface area (Å²) >= 11 is 0. The predicted octanol–water partition coefficient (Wildman–Crippen LogP) is 4.09. The van der Waals surface area contributed by atoms with Crippen molar-refractivity contribution in [1.82, 2.24) is 30.5 Å². The van der Waals surface area contributed by atoms with E-state index < -0.39 is 0 Å². The van der Waals surface area contributed by atoms with Gasteiger partial charge in [-0.3, -0.25) is 4.79 Å². The van der Waals surface area contributed by atoms with Crippen LogP contribution < -0.4 is 10.6 Å². The van der Waals surface area contributed by atoms with Gasteiger partial charge >= 0.3 is 0 Å². The van der Waals surface area contributed by atoms with Gasteiger partial charge in [-0.15, -0.1) is 5.10 Å². The lowest BCUT2D eigenvalue weighted by atomic mass is 10.2. The quantitative estimate of drug-likeness (QED) is 0.381. The Morgan fingerprint density at radius 1 is 0.812 bits per heavy atom. The number of amides is 1. The topological polar surface area (TPSA) is 108 Å². The van der Waals surface area contributed by atoms with Crippen LogP contribution >= 0.6 is 0 Å². The summed E-state index contributed by atoms with van der Waals surface area (Å²) in [5, 5.41) is 13.6. The van der Waals surface area contributed by atoms with Gasteiger partial charge in [-0.05, 0) is 17.7 Å². The zero-order chi connectivity index (χ0) is 21.8. The summed E-state index contributed by atoms with van der Waals surface area (Å²) in [6.45, 7) is 0.397. The van der Waals surface area contributed by atoms with Crippen molar-refractivity contribution in [3.8, 4) is 11.4 Å². The molecule has 0 spiro atoms. The molecular weight excluding hydrogens is 402 g/mol. The second kappa shape index (κ2) is 8.65.